The number of nitrogens with two attached hydrogens (primary N) is 1. The Labute approximate surface area is 234 Å². The van der Waals surface area contributed by atoms with E-state index in [0.29, 0.717) is 12.0 Å². The van der Waals surface area contributed by atoms with Crippen LogP contribution in [0.25, 0.3) is 0 Å². The van der Waals surface area contributed by atoms with Crippen LogP contribution in [0.3, 0.4) is 0 Å². The number of hydrogen-bond acceptors (Lipinski definition) is 8. The highest BCUT2D eigenvalue weighted by atomic mass is 35.5. The van der Waals surface area contributed by atoms with Gasteiger partial charge in [0, 0.05) is 31.3 Å². The second kappa shape index (κ2) is 14.4. The molecule has 1 aromatic rings. The Balaban J connectivity index is 2.62. The zero-order valence-electron chi connectivity index (χ0n) is 23.1. The van der Waals surface area contributed by atoms with Crippen LogP contribution in [-0.4, -0.2) is 66.0 Å². The van der Waals surface area contributed by atoms with Crippen molar-refractivity contribution in [2.45, 2.75) is 65.0 Å². The molecule has 1 aliphatic heterocycles. The number of anilines is 1. The molecule has 2 bridgehead atoms. The van der Waals surface area contributed by atoms with Gasteiger partial charge in [-0.15, -0.1) is 0 Å². The number of benzene rings is 1. The van der Waals surface area contributed by atoms with Crippen LogP contribution in [0.15, 0.2) is 41.5 Å². The number of aromatic hydroxyl groups is 2. The van der Waals surface area contributed by atoms with Crippen molar-refractivity contribution in [1.29, 1.82) is 0 Å². The fourth-order valence-electron chi connectivity index (χ4n) is 4.57. The summed E-state index contributed by atoms with van der Waals surface area (Å²) in [5, 5.41) is 35.2. The maximum absolute atomic E-state index is 12.8. The molecule has 2 rings (SSSR count). The average molecular weight is 567 g/mol. The number of aliphatic hydroxyl groups excluding tert-OH is 1. The molecule has 0 saturated carbocycles. The van der Waals surface area contributed by atoms with Crippen LogP contribution >= 0.6 is 11.6 Å². The van der Waals surface area contributed by atoms with Crippen LogP contribution in [0.4, 0.5) is 10.5 Å². The van der Waals surface area contributed by atoms with Gasteiger partial charge in [-0.3, -0.25) is 4.79 Å². The molecule has 1 aromatic carbocycles. The van der Waals surface area contributed by atoms with E-state index in [-0.39, 0.29) is 45.7 Å². The molecule has 11 heteroatoms. The lowest BCUT2D eigenvalue weighted by Crippen LogP contribution is -2.37. The summed E-state index contributed by atoms with van der Waals surface area (Å²) in [6.07, 6.45) is 2.82. The highest BCUT2D eigenvalue weighted by Gasteiger charge is 2.30. The molecule has 0 radical (unpaired) electrons. The molecule has 0 aromatic heterocycles. The van der Waals surface area contributed by atoms with Gasteiger partial charge in [0.15, 0.2) is 6.10 Å². The second-order valence-corrected chi connectivity index (χ2v) is 10.3. The number of hydrogen-bond donors (Lipinski definition) is 5. The molecular formula is C28H39ClN2O8. The number of allylic oxidation sites excluding steroid dienone is 2. The summed E-state index contributed by atoms with van der Waals surface area (Å²) in [6.45, 7) is 6.99. The monoisotopic (exact) mass is 566 g/mol. The first-order chi connectivity index (χ1) is 18.3. The van der Waals surface area contributed by atoms with Crippen LogP contribution in [0.5, 0.6) is 11.5 Å². The Kier molecular flexibility index (Phi) is 11.8. The molecule has 0 unspecified atom stereocenters. The topological polar surface area (TPSA) is 161 Å². The number of halogens is 1. The van der Waals surface area contributed by atoms with Crippen molar-refractivity contribution >= 4 is 29.3 Å². The summed E-state index contributed by atoms with van der Waals surface area (Å²) in [7, 11) is 2.93. The zero-order valence-corrected chi connectivity index (χ0v) is 23.9. The maximum Gasteiger partial charge on any atom is 0.405 e. The molecule has 2 amide bonds. The number of methoxy groups -OCH3 is 2. The van der Waals surface area contributed by atoms with Crippen LogP contribution in [0.1, 0.15) is 39.7 Å². The van der Waals surface area contributed by atoms with E-state index in [1.807, 2.05) is 6.92 Å². The molecule has 39 heavy (non-hydrogen) atoms. The number of primary amides is 1. The van der Waals surface area contributed by atoms with Gasteiger partial charge in [0.2, 0.25) is 0 Å². The van der Waals surface area contributed by atoms with Crippen LogP contribution in [0.2, 0.25) is 5.02 Å². The molecule has 0 saturated heterocycles. The Hall–Kier alpha value is -3.05. The Bertz CT molecular complexity index is 1130. The van der Waals surface area contributed by atoms with Gasteiger partial charge in [-0.25, -0.2) is 4.79 Å². The third-order valence-electron chi connectivity index (χ3n) is 6.78. The number of phenolic OH excluding ortho intramolecular Hbond substituents is 2. The minimum atomic E-state index is -0.993. The van der Waals surface area contributed by atoms with E-state index in [0.717, 1.165) is 0 Å². The van der Waals surface area contributed by atoms with Gasteiger partial charge in [-0.05, 0) is 44.2 Å². The third kappa shape index (κ3) is 8.47. The number of amides is 2. The SMILES string of the molecule is CO[C@H]1C=CC=C(C)C(=O)Nc2cc(Cl)c(O)c(c2O)C[C@@H](C)C[C@H](OC)[C@H](O)[C@@H](C)C=C(C)[C@@H]1OC(N)=O. The van der Waals surface area contributed by atoms with Gasteiger partial charge in [-0.1, -0.05) is 49.8 Å². The van der Waals surface area contributed by atoms with E-state index >= 15 is 0 Å². The number of carbonyl (C=O) groups is 2. The van der Waals surface area contributed by atoms with E-state index in [4.69, 9.17) is 31.5 Å². The first kappa shape index (κ1) is 32.2. The normalized spacial score (nSPS) is 27.3. The van der Waals surface area contributed by atoms with Crippen molar-refractivity contribution in [3.8, 4) is 11.5 Å². The molecule has 216 valence electrons. The molecule has 0 fully saturated rings. The van der Waals surface area contributed by atoms with E-state index in [2.05, 4.69) is 5.32 Å². The van der Waals surface area contributed by atoms with Crippen molar-refractivity contribution in [3.63, 3.8) is 0 Å². The fourth-order valence-corrected chi connectivity index (χ4v) is 4.80. The lowest BCUT2D eigenvalue weighted by atomic mass is 9.88. The van der Waals surface area contributed by atoms with Gasteiger partial charge < -0.3 is 40.6 Å². The summed E-state index contributed by atoms with van der Waals surface area (Å²) >= 11 is 6.22. The van der Waals surface area contributed by atoms with E-state index < -0.39 is 42.3 Å². The van der Waals surface area contributed by atoms with Gasteiger partial charge >= 0.3 is 6.09 Å². The molecule has 10 nitrogen and oxygen atoms in total. The number of fused-ring (bicyclic) bond motifs is 2. The minimum Gasteiger partial charge on any atom is -0.506 e. The smallest absolute Gasteiger partial charge is 0.405 e. The van der Waals surface area contributed by atoms with Gasteiger partial charge in [-0.2, -0.15) is 0 Å². The highest BCUT2D eigenvalue weighted by molar-refractivity contribution is 6.32. The molecule has 0 aliphatic carbocycles. The lowest BCUT2D eigenvalue weighted by Gasteiger charge is -2.29. The summed E-state index contributed by atoms with van der Waals surface area (Å²) in [4.78, 5) is 24.5. The predicted molar refractivity (Wildman–Crippen MR) is 149 cm³/mol. The first-order valence-electron chi connectivity index (χ1n) is 12.6. The standard InChI is InChI=1S/C28H39ClN2O8/c1-14-10-18-24(33)19(29)13-20(25(18)34)31-27(35)15(2)8-7-9-21(37-5)26(39-28(30)36)17(4)12-16(3)23(32)22(11-14)38-6/h7-9,12-14,16,21-23,26,32-34H,10-11H2,1-6H3,(H2,30,36)(H,31,35)/t14-,16+,21+,22+,23-,26+/m1/s1. The van der Waals surface area contributed by atoms with Crippen molar-refractivity contribution < 1.29 is 39.1 Å². The van der Waals surface area contributed by atoms with Crippen LogP contribution in [-0.2, 0) is 25.4 Å². The van der Waals surface area contributed by atoms with Gasteiger partial charge in [0.25, 0.3) is 5.91 Å². The number of aliphatic hydroxyl groups is 1. The van der Waals surface area contributed by atoms with Crippen LogP contribution < -0.4 is 11.1 Å². The molecule has 0 spiro atoms. The molecule has 1 aliphatic rings. The van der Waals surface area contributed by atoms with Crippen LogP contribution in [0, 0.1) is 11.8 Å². The zero-order chi connectivity index (χ0) is 29.4. The van der Waals surface area contributed by atoms with Gasteiger partial charge in [0.1, 0.15) is 17.6 Å². The van der Waals surface area contributed by atoms with Crippen molar-refractivity contribution in [1.82, 2.24) is 0 Å². The number of nitrogens with one attached hydrogen (secondary N) is 1. The molecule has 6 N–H and O–H groups in total. The van der Waals surface area contributed by atoms with Crippen molar-refractivity contribution in [2.75, 3.05) is 19.5 Å². The van der Waals surface area contributed by atoms with E-state index in [9.17, 15) is 24.9 Å². The highest BCUT2D eigenvalue weighted by Crippen LogP contribution is 2.42. The van der Waals surface area contributed by atoms with E-state index in [1.54, 1.807) is 39.0 Å². The van der Waals surface area contributed by atoms with Crippen molar-refractivity contribution in [2.24, 2.45) is 17.6 Å². The number of carbonyl (C=O) groups excluding carboxylic acids is 2. The lowest BCUT2D eigenvalue weighted by molar-refractivity contribution is -0.112. The fraction of sp³-hybridized carbons (Fsp3) is 0.500. The summed E-state index contributed by atoms with van der Waals surface area (Å²) in [5.41, 5.74) is 6.42. The molecule has 1 heterocycles. The summed E-state index contributed by atoms with van der Waals surface area (Å²) in [5.74, 6) is -1.70. The first-order valence-corrected chi connectivity index (χ1v) is 13.0. The maximum atomic E-state index is 12.8. The minimum absolute atomic E-state index is 0.0290. The van der Waals surface area contributed by atoms with Crippen molar-refractivity contribution in [3.05, 3.63) is 52.1 Å². The quantitative estimate of drug-likeness (QED) is 0.206. The predicted octanol–water partition coefficient (Wildman–Crippen LogP) is 4.21. The molecular weight excluding hydrogens is 528 g/mol. The van der Waals surface area contributed by atoms with E-state index in [1.165, 1.54) is 26.4 Å². The summed E-state index contributed by atoms with van der Waals surface area (Å²) < 4.78 is 16.5. The number of rotatable bonds is 3. The third-order valence-corrected chi connectivity index (χ3v) is 7.06. The molecule has 6 atom stereocenters. The number of phenols is 2. The Morgan fingerprint density at radius 3 is 2.41 bits per heavy atom. The van der Waals surface area contributed by atoms with Gasteiger partial charge in [0.05, 0.1) is 22.9 Å². The second-order valence-electron chi connectivity index (χ2n) is 9.91. The summed E-state index contributed by atoms with van der Waals surface area (Å²) in [6, 6.07) is 1.27. The Morgan fingerprint density at radius 2 is 1.82 bits per heavy atom. The Morgan fingerprint density at radius 1 is 1.15 bits per heavy atom. The number of ether oxygens (including phenoxy) is 3. The average Bonchev–Trinajstić information content (AvgIpc) is 2.88. The largest absolute Gasteiger partial charge is 0.506 e.